The fourth-order valence-corrected chi connectivity index (χ4v) is 2.40. The fourth-order valence-electron chi connectivity index (χ4n) is 2.40. The summed E-state index contributed by atoms with van der Waals surface area (Å²) in [7, 11) is 0. The predicted octanol–water partition coefficient (Wildman–Crippen LogP) is 4.18. The molecule has 1 aromatic heterocycles. The normalized spacial score (nSPS) is 11.0. The van der Waals surface area contributed by atoms with Crippen LogP contribution in [0.4, 0.5) is 0 Å². The van der Waals surface area contributed by atoms with E-state index in [4.69, 9.17) is 0 Å². The minimum absolute atomic E-state index is 0.987. The third-order valence-electron chi connectivity index (χ3n) is 3.44. The predicted molar refractivity (Wildman–Crippen MR) is 75.9 cm³/mol. The molecule has 0 atom stereocenters. The first kappa shape index (κ1) is 11.1. The molecule has 0 bridgehead atoms. The number of H-pyrrole nitrogens is 1. The van der Waals surface area contributed by atoms with Crippen LogP contribution in [0.2, 0.25) is 0 Å². The van der Waals surface area contributed by atoms with Crippen LogP contribution in [0.3, 0.4) is 0 Å². The SMILES string of the molecule is Cc1ccc(Cc2ccc3c[c][nH]c3c2)c(C)c1. The lowest BCUT2D eigenvalue weighted by Crippen LogP contribution is -1.92. The topological polar surface area (TPSA) is 15.8 Å². The average Bonchev–Trinajstić information content (AvgIpc) is 2.80. The maximum absolute atomic E-state index is 3.14. The van der Waals surface area contributed by atoms with Crippen molar-refractivity contribution in [2.75, 3.05) is 0 Å². The summed E-state index contributed by atoms with van der Waals surface area (Å²) in [6.07, 6.45) is 4.01. The van der Waals surface area contributed by atoms with E-state index < -0.39 is 0 Å². The maximum atomic E-state index is 3.14. The van der Waals surface area contributed by atoms with Gasteiger partial charge in [-0.2, -0.15) is 0 Å². The van der Waals surface area contributed by atoms with Crippen molar-refractivity contribution in [3.05, 3.63) is 70.9 Å². The molecule has 2 aromatic carbocycles. The zero-order chi connectivity index (χ0) is 12.5. The molecular formula is C17H16N. The van der Waals surface area contributed by atoms with E-state index >= 15 is 0 Å². The van der Waals surface area contributed by atoms with E-state index in [2.05, 4.69) is 61.4 Å². The number of nitrogens with one attached hydrogen (secondary N) is 1. The van der Waals surface area contributed by atoms with Gasteiger partial charge in [-0.15, -0.1) is 0 Å². The molecule has 89 valence electrons. The molecule has 0 fully saturated rings. The van der Waals surface area contributed by atoms with Gasteiger partial charge in [0.2, 0.25) is 0 Å². The molecule has 1 heteroatoms. The van der Waals surface area contributed by atoms with Gasteiger partial charge >= 0.3 is 0 Å². The molecule has 3 aromatic rings. The fraction of sp³-hybridized carbons (Fsp3) is 0.176. The van der Waals surface area contributed by atoms with Crippen LogP contribution in [0, 0.1) is 20.0 Å². The molecule has 0 aliphatic heterocycles. The number of hydrogen-bond donors (Lipinski definition) is 1. The average molecular weight is 234 g/mol. The standard InChI is InChI=1S/C17H16N/c1-12-3-5-16(13(2)9-12)10-14-4-6-15-7-8-18-17(15)11-14/h3-7,9,11,18H,10H2,1-2H3. The van der Waals surface area contributed by atoms with Crippen LogP contribution in [0.5, 0.6) is 0 Å². The molecule has 18 heavy (non-hydrogen) atoms. The van der Waals surface area contributed by atoms with E-state index in [0.29, 0.717) is 0 Å². The second-order valence-electron chi connectivity index (χ2n) is 4.94. The third-order valence-corrected chi connectivity index (χ3v) is 3.44. The largest absolute Gasteiger partial charge is 0.353 e. The van der Waals surface area contributed by atoms with Gasteiger partial charge in [0, 0.05) is 10.9 Å². The monoisotopic (exact) mass is 234 g/mol. The van der Waals surface area contributed by atoms with Crippen LogP contribution >= 0.6 is 0 Å². The minimum atomic E-state index is 0.987. The highest BCUT2D eigenvalue weighted by molar-refractivity contribution is 5.79. The minimum Gasteiger partial charge on any atom is -0.353 e. The Balaban J connectivity index is 1.95. The molecule has 0 saturated heterocycles. The van der Waals surface area contributed by atoms with Crippen molar-refractivity contribution in [3.8, 4) is 0 Å². The summed E-state index contributed by atoms with van der Waals surface area (Å²) in [5.74, 6) is 0. The van der Waals surface area contributed by atoms with Crippen LogP contribution in [0.1, 0.15) is 22.3 Å². The summed E-state index contributed by atoms with van der Waals surface area (Å²) in [6.45, 7) is 4.32. The van der Waals surface area contributed by atoms with E-state index in [-0.39, 0.29) is 0 Å². The molecule has 1 heterocycles. The summed E-state index contributed by atoms with van der Waals surface area (Å²) in [5, 5.41) is 1.22. The summed E-state index contributed by atoms with van der Waals surface area (Å²) < 4.78 is 0. The smallest absolute Gasteiger partial charge is 0.0630 e. The second-order valence-corrected chi connectivity index (χ2v) is 4.94. The van der Waals surface area contributed by atoms with Crippen LogP contribution in [-0.4, -0.2) is 4.98 Å². The lowest BCUT2D eigenvalue weighted by molar-refractivity contribution is 1.15. The molecule has 0 unspecified atom stereocenters. The molecule has 0 aliphatic rings. The Morgan fingerprint density at radius 3 is 2.78 bits per heavy atom. The third kappa shape index (κ3) is 2.04. The lowest BCUT2D eigenvalue weighted by Gasteiger charge is -2.07. The Kier molecular flexibility index (Phi) is 2.67. The first-order valence-corrected chi connectivity index (χ1v) is 6.26. The number of fused-ring (bicyclic) bond motifs is 1. The Morgan fingerprint density at radius 1 is 1.06 bits per heavy atom. The molecule has 0 amide bonds. The molecule has 1 radical (unpaired) electrons. The van der Waals surface area contributed by atoms with Crippen molar-refractivity contribution in [3.63, 3.8) is 0 Å². The zero-order valence-electron chi connectivity index (χ0n) is 10.7. The lowest BCUT2D eigenvalue weighted by atomic mass is 9.98. The van der Waals surface area contributed by atoms with E-state index in [0.717, 1.165) is 11.9 Å². The highest BCUT2D eigenvalue weighted by Crippen LogP contribution is 2.19. The molecule has 0 saturated carbocycles. The van der Waals surface area contributed by atoms with Gasteiger partial charge in [-0.25, -0.2) is 0 Å². The van der Waals surface area contributed by atoms with Crippen LogP contribution < -0.4 is 0 Å². The van der Waals surface area contributed by atoms with Crippen molar-refractivity contribution in [2.24, 2.45) is 0 Å². The molecule has 0 aliphatic carbocycles. The summed E-state index contributed by atoms with van der Waals surface area (Å²) in [6, 6.07) is 15.2. The second kappa shape index (κ2) is 4.34. The molecule has 1 N–H and O–H groups in total. The van der Waals surface area contributed by atoms with Gasteiger partial charge in [0.25, 0.3) is 0 Å². The van der Waals surface area contributed by atoms with E-state index in [9.17, 15) is 0 Å². The van der Waals surface area contributed by atoms with E-state index in [1.54, 1.807) is 0 Å². The molecule has 0 spiro atoms. The van der Waals surface area contributed by atoms with E-state index in [1.165, 1.54) is 27.6 Å². The van der Waals surface area contributed by atoms with Gasteiger partial charge in [0.15, 0.2) is 0 Å². The zero-order valence-corrected chi connectivity index (χ0v) is 10.7. The van der Waals surface area contributed by atoms with Crippen molar-refractivity contribution in [1.29, 1.82) is 0 Å². The van der Waals surface area contributed by atoms with Crippen LogP contribution in [0.25, 0.3) is 10.9 Å². The van der Waals surface area contributed by atoms with Crippen LogP contribution in [-0.2, 0) is 6.42 Å². The van der Waals surface area contributed by atoms with Crippen molar-refractivity contribution < 1.29 is 0 Å². The highest BCUT2D eigenvalue weighted by atomic mass is 14.7. The van der Waals surface area contributed by atoms with Gasteiger partial charge in [0.05, 0.1) is 6.20 Å². The van der Waals surface area contributed by atoms with Gasteiger partial charge in [-0.05, 0) is 49.1 Å². The highest BCUT2D eigenvalue weighted by Gasteiger charge is 2.02. The number of aromatic nitrogens is 1. The van der Waals surface area contributed by atoms with Crippen molar-refractivity contribution >= 4 is 10.9 Å². The number of rotatable bonds is 2. The van der Waals surface area contributed by atoms with Gasteiger partial charge < -0.3 is 4.98 Å². The Hall–Kier alpha value is -2.02. The summed E-state index contributed by atoms with van der Waals surface area (Å²) in [5.41, 5.74) is 6.59. The Bertz CT molecular complexity index is 692. The molecule has 3 rings (SSSR count). The first-order chi connectivity index (χ1) is 8.72. The Morgan fingerprint density at radius 2 is 1.94 bits per heavy atom. The van der Waals surface area contributed by atoms with Gasteiger partial charge in [-0.3, -0.25) is 0 Å². The van der Waals surface area contributed by atoms with Gasteiger partial charge in [0.1, 0.15) is 0 Å². The van der Waals surface area contributed by atoms with Gasteiger partial charge in [-0.1, -0.05) is 35.9 Å². The number of aryl methyl sites for hydroxylation is 2. The Labute approximate surface area is 107 Å². The van der Waals surface area contributed by atoms with Crippen molar-refractivity contribution in [2.45, 2.75) is 20.3 Å². The van der Waals surface area contributed by atoms with E-state index in [1.807, 2.05) is 6.07 Å². The summed E-state index contributed by atoms with van der Waals surface area (Å²) in [4.78, 5) is 3.14. The van der Waals surface area contributed by atoms with Crippen LogP contribution in [0.15, 0.2) is 42.5 Å². The molecule has 1 nitrogen and oxygen atoms in total. The summed E-state index contributed by atoms with van der Waals surface area (Å²) >= 11 is 0. The number of hydrogen-bond acceptors (Lipinski definition) is 0. The number of aromatic amines is 1. The maximum Gasteiger partial charge on any atom is 0.0630 e. The molecular weight excluding hydrogens is 218 g/mol. The number of benzene rings is 2. The first-order valence-electron chi connectivity index (χ1n) is 6.26. The quantitative estimate of drug-likeness (QED) is 0.684. The van der Waals surface area contributed by atoms with Crippen molar-refractivity contribution in [1.82, 2.24) is 4.98 Å².